The fraction of sp³-hybridized carbons (Fsp3) is 0.409. The molecule has 0 aromatic heterocycles. The number of fused-ring (bicyclic) bond motifs is 1. The summed E-state index contributed by atoms with van der Waals surface area (Å²) in [7, 11) is -3.64. The van der Waals surface area contributed by atoms with Crippen LogP contribution in [0.1, 0.15) is 24.0 Å². The van der Waals surface area contributed by atoms with Gasteiger partial charge in [0, 0.05) is 17.6 Å². The van der Waals surface area contributed by atoms with Crippen LogP contribution in [0, 0.1) is 12.8 Å². The second kappa shape index (κ2) is 8.67. The van der Waals surface area contributed by atoms with Gasteiger partial charge in [0.1, 0.15) is 0 Å². The van der Waals surface area contributed by atoms with Crippen LogP contribution < -0.4 is 16.0 Å². The fourth-order valence-corrected chi connectivity index (χ4v) is 5.71. The van der Waals surface area contributed by atoms with Gasteiger partial charge in [-0.05, 0) is 74.2 Å². The van der Waals surface area contributed by atoms with Crippen LogP contribution in [0.5, 0.6) is 0 Å². The summed E-state index contributed by atoms with van der Waals surface area (Å²) in [6.45, 7) is 4.14. The summed E-state index contributed by atoms with van der Waals surface area (Å²) in [5.41, 5.74) is 1.68. The van der Waals surface area contributed by atoms with E-state index in [2.05, 4.69) is 16.0 Å². The number of piperidine rings is 1. The van der Waals surface area contributed by atoms with Crippen LogP contribution in [0.15, 0.2) is 52.3 Å². The number of nitrogens with one attached hydrogen (secondary N) is 3. The van der Waals surface area contributed by atoms with E-state index < -0.39 is 9.84 Å². The number of amides is 1. The van der Waals surface area contributed by atoms with Gasteiger partial charge in [-0.3, -0.25) is 4.79 Å². The predicted octanol–water partition coefficient (Wildman–Crippen LogP) is 2.44. The van der Waals surface area contributed by atoms with Gasteiger partial charge in [0.25, 0.3) is 0 Å². The number of aryl methyl sites for hydroxylation is 1. The highest BCUT2D eigenvalue weighted by atomic mass is 35.5. The van der Waals surface area contributed by atoms with Crippen molar-refractivity contribution in [2.24, 2.45) is 5.92 Å². The van der Waals surface area contributed by atoms with E-state index >= 15 is 0 Å². The average Bonchev–Trinajstić information content (AvgIpc) is 3.18. The Morgan fingerprint density at radius 3 is 2.60 bits per heavy atom. The smallest absolute Gasteiger partial charge is 0.237 e. The van der Waals surface area contributed by atoms with Gasteiger partial charge in [-0.1, -0.05) is 29.8 Å². The molecule has 2 fully saturated rings. The molecule has 0 saturated carbocycles. The summed E-state index contributed by atoms with van der Waals surface area (Å²) in [5.74, 6) is 0.504. The Balaban J connectivity index is 1.38. The maximum Gasteiger partial charge on any atom is 0.237 e. The maximum atomic E-state index is 12.8. The Kier molecular flexibility index (Phi) is 6.16. The summed E-state index contributed by atoms with van der Waals surface area (Å²) in [5, 5.41) is 10.2. The Morgan fingerprint density at radius 2 is 1.90 bits per heavy atom. The van der Waals surface area contributed by atoms with Gasteiger partial charge >= 0.3 is 0 Å². The summed E-state index contributed by atoms with van der Waals surface area (Å²) < 4.78 is 25.7. The van der Waals surface area contributed by atoms with E-state index in [1.807, 2.05) is 6.92 Å². The van der Waals surface area contributed by atoms with Crippen LogP contribution >= 0.6 is 11.6 Å². The van der Waals surface area contributed by atoms with Crippen molar-refractivity contribution in [2.75, 3.05) is 13.1 Å². The molecule has 2 heterocycles. The standard InChI is InChI=1S/C22H26ClN3O3S/c1-14-2-5-18(11-19(14)23)30(28,29)17-6-3-15(4-7-17)12-25-22(27)21-10-16-13-24-9-8-20(16)26-21/h2-7,11,16,20-21,24,26H,8-10,12-13H2,1H3,(H,25,27). The maximum absolute atomic E-state index is 12.8. The molecular formula is C22H26ClN3O3S. The van der Waals surface area contributed by atoms with Crippen LogP contribution in [0.2, 0.25) is 5.02 Å². The second-order valence-corrected chi connectivity index (χ2v) is 10.4. The lowest BCUT2D eigenvalue weighted by Gasteiger charge is -2.25. The predicted molar refractivity (Wildman–Crippen MR) is 116 cm³/mol. The summed E-state index contributed by atoms with van der Waals surface area (Å²) >= 11 is 6.08. The van der Waals surface area contributed by atoms with E-state index in [1.54, 1.807) is 36.4 Å². The van der Waals surface area contributed by atoms with Crippen LogP contribution in [0.3, 0.4) is 0 Å². The number of halogens is 1. The molecule has 2 aliphatic heterocycles. The van der Waals surface area contributed by atoms with Crippen LogP contribution in [-0.4, -0.2) is 39.5 Å². The molecule has 2 saturated heterocycles. The highest BCUT2D eigenvalue weighted by Crippen LogP contribution is 2.26. The molecule has 3 atom stereocenters. The van der Waals surface area contributed by atoms with Crippen molar-refractivity contribution in [2.45, 2.75) is 48.2 Å². The lowest BCUT2D eigenvalue weighted by molar-refractivity contribution is -0.123. The summed E-state index contributed by atoms with van der Waals surface area (Å²) in [4.78, 5) is 12.9. The first-order chi connectivity index (χ1) is 14.3. The lowest BCUT2D eigenvalue weighted by Crippen LogP contribution is -2.45. The van der Waals surface area contributed by atoms with Gasteiger partial charge < -0.3 is 16.0 Å². The minimum absolute atomic E-state index is 0.00426. The topological polar surface area (TPSA) is 87.3 Å². The molecule has 0 bridgehead atoms. The monoisotopic (exact) mass is 447 g/mol. The first-order valence-electron chi connectivity index (χ1n) is 10.2. The summed E-state index contributed by atoms with van der Waals surface area (Å²) in [6.07, 6.45) is 1.90. The first kappa shape index (κ1) is 21.3. The van der Waals surface area contributed by atoms with E-state index in [0.717, 1.165) is 37.1 Å². The SMILES string of the molecule is Cc1ccc(S(=O)(=O)c2ccc(CNC(=O)C3CC4CNCCC4N3)cc2)cc1Cl. The number of carbonyl (C=O) groups is 1. The van der Waals surface area contributed by atoms with Crippen LogP contribution in [0.25, 0.3) is 0 Å². The van der Waals surface area contributed by atoms with Gasteiger partial charge in [0.15, 0.2) is 0 Å². The van der Waals surface area contributed by atoms with Crippen molar-refractivity contribution in [1.29, 1.82) is 0 Å². The van der Waals surface area contributed by atoms with Crippen LogP contribution in [0.4, 0.5) is 0 Å². The molecule has 2 aromatic carbocycles. The van der Waals surface area contributed by atoms with E-state index in [4.69, 9.17) is 11.6 Å². The van der Waals surface area contributed by atoms with Gasteiger partial charge in [-0.2, -0.15) is 0 Å². The zero-order valence-corrected chi connectivity index (χ0v) is 18.4. The van der Waals surface area contributed by atoms with Gasteiger partial charge in [0.2, 0.25) is 15.7 Å². The molecule has 1 amide bonds. The normalized spacial score (nSPS) is 23.7. The first-order valence-corrected chi connectivity index (χ1v) is 12.1. The average molecular weight is 448 g/mol. The molecule has 0 aliphatic carbocycles. The summed E-state index contributed by atoms with van der Waals surface area (Å²) in [6, 6.07) is 11.6. The molecule has 0 spiro atoms. The highest BCUT2D eigenvalue weighted by Gasteiger charge is 2.38. The molecule has 3 unspecified atom stereocenters. The molecule has 6 nitrogen and oxygen atoms in total. The fourth-order valence-electron chi connectivity index (χ4n) is 4.18. The number of sulfone groups is 1. The zero-order chi connectivity index (χ0) is 21.3. The lowest BCUT2D eigenvalue weighted by atomic mass is 9.94. The van der Waals surface area contributed by atoms with E-state index in [9.17, 15) is 13.2 Å². The Hall–Kier alpha value is -1.93. The molecular weight excluding hydrogens is 422 g/mol. The third-order valence-electron chi connectivity index (χ3n) is 6.03. The molecule has 2 aromatic rings. The van der Waals surface area contributed by atoms with E-state index in [-0.39, 0.29) is 21.7 Å². The number of carbonyl (C=O) groups excluding carboxylic acids is 1. The molecule has 3 N–H and O–H groups in total. The molecule has 0 radical (unpaired) electrons. The third-order valence-corrected chi connectivity index (χ3v) is 8.21. The molecule has 30 heavy (non-hydrogen) atoms. The number of hydrogen-bond acceptors (Lipinski definition) is 5. The molecule has 4 rings (SSSR count). The minimum Gasteiger partial charge on any atom is -0.351 e. The van der Waals surface area contributed by atoms with Crippen LogP contribution in [-0.2, 0) is 21.2 Å². The molecule has 160 valence electrons. The van der Waals surface area contributed by atoms with Gasteiger partial charge in [-0.25, -0.2) is 8.42 Å². The van der Waals surface area contributed by atoms with Crippen molar-refractivity contribution < 1.29 is 13.2 Å². The Labute approximate surface area is 182 Å². The Morgan fingerprint density at radius 1 is 1.17 bits per heavy atom. The number of rotatable bonds is 5. The molecule has 2 aliphatic rings. The van der Waals surface area contributed by atoms with E-state index in [0.29, 0.717) is 23.5 Å². The second-order valence-electron chi connectivity index (χ2n) is 8.09. The number of hydrogen-bond donors (Lipinski definition) is 3. The van der Waals surface area contributed by atoms with Crippen molar-refractivity contribution in [3.05, 3.63) is 58.6 Å². The third kappa shape index (κ3) is 4.39. The van der Waals surface area contributed by atoms with Gasteiger partial charge in [-0.15, -0.1) is 0 Å². The largest absolute Gasteiger partial charge is 0.351 e. The zero-order valence-electron chi connectivity index (χ0n) is 16.8. The van der Waals surface area contributed by atoms with Crippen molar-refractivity contribution >= 4 is 27.3 Å². The quantitative estimate of drug-likeness (QED) is 0.655. The number of benzene rings is 2. The highest BCUT2D eigenvalue weighted by molar-refractivity contribution is 7.91. The minimum atomic E-state index is -3.64. The Bertz CT molecular complexity index is 1030. The van der Waals surface area contributed by atoms with Crippen molar-refractivity contribution in [3.8, 4) is 0 Å². The van der Waals surface area contributed by atoms with E-state index in [1.165, 1.54) is 6.07 Å². The van der Waals surface area contributed by atoms with Gasteiger partial charge in [0.05, 0.1) is 15.8 Å². The van der Waals surface area contributed by atoms with Crippen molar-refractivity contribution in [3.63, 3.8) is 0 Å². The molecule has 8 heteroatoms. The van der Waals surface area contributed by atoms with Crippen molar-refractivity contribution in [1.82, 2.24) is 16.0 Å².